The molecule has 4 rings (SSSR count). The molecular weight excluding hydrogens is 430 g/mol. The van der Waals surface area contributed by atoms with Gasteiger partial charge >= 0.3 is 0 Å². The zero-order valence-electron chi connectivity index (χ0n) is 19.0. The third kappa shape index (κ3) is 6.07. The highest BCUT2D eigenvalue weighted by Gasteiger charge is 2.14. The van der Waals surface area contributed by atoms with Gasteiger partial charge in [-0.05, 0) is 98.8 Å². The smallest absolute Gasteiger partial charge is 0.194 e. The molecule has 0 heterocycles. The lowest BCUT2D eigenvalue weighted by Gasteiger charge is -2.26. The maximum absolute atomic E-state index is 9.49. The molecule has 0 aliphatic carbocycles. The van der Waals surface area contributed by atoms with Gasteiger partial charge in [-0.25, -0.2) is 0 Å². The second-order valence-corrected chi connectivity index (χ2v) is 7.67. The van der Waals surface area contributed by atoms with E-state index in [1.807, 2.05) is 103 Å². The molecule has 4 aromatic rings. The molecule has 2 atom stereocenters. The lowest BCUT2D eigenvalue weighted by Crippen LogP contribution is -2.12. The third-order valence-corrected chi connectivity index (χ3v) is 4.88. The average Bonchev–Trinajstić information content (AvgIpc) is 2.82. The summed E-state index contributed by atoms with van der Waals surface area (Å²) in [7, 11) is 0. The SMILES string of the molecule is CC(O)Oc1ccc(N(c2ccc(Oc3ccccc3)cc2)c2ccc(OC(C)O)cc2)cc1. The van der Waals surface area contributed by atoms with Crippen LogP contribution in [0.5, 0.6) is 23.0 Å². The Morgan fingerprint density at radius 1 is 0.500 bits per heavy atom. The molecule has 0 aliphatic rings. The van der Waals surface area contributed by atoms with Crippen LogP contribution in [0.15, 0.2) is 103 Å². The van der Waals surface area contributed by atoms with Gasteiger partial charge in [0.1, 0.15) is 23.0 Å². The normalized spacial score (nSPS) is 12.5. The molecule has 0 saturated carbocycles. The van der Waals surface area contributed by atoms with Crippen LogP contribution < -0.4 is 19.1 Å². The topological polar surface area (TPSA) is 71.4 Å². The molecule has 0 radical (unpaired) electrons. The van der Waals surface area contributed by atoms with E-state index in [9.17, 15) is 10.2 Å². The Hall–Kier alpha value is -4.00. The van der Waals surface area contributed by atoms with Gasteiger partial charge in [-0.3, -0.25) is 0 Å². The summed E-state index contributed by atoms with van der Waals surface area (Å²) in [4.78, 5) is 2.07. The van der Waals surface area contributed by atoms with Gasteiger partial charge in [0, 0.05) is 17.1 Å². The number of benzene rings is 4. The molecule has 2 N–H and O–H groups in total. The fourth-order valence-electron chi connectivity index (χ4n) is 3.48. The highest BCUT2D eigenvalue weighted by molar-refractivity contribution is 5.77. The molecule has 0 bridgehead atoms. The molecule has 4 aromatic carbocycles. The van der Waals surface area contributed by atoms with Gasteiger partial charge in [-0.15, -0.1) is 0 Å². The second kappa shape index (κ2) is 10.7. The maximum Gasteiger partial charge on any atom is 0.194 e. The zero-order valence-corrected chi connectivity index (χ0v) is 19.0. The molecule has 2 unspecified atom stereocenters. The van der Waals surface area contributed by atoms with Crippen molar-refractivity contribution in [2.45, 2.75) is 26.4 Å². The van der Waals surface area contributed by atoms with Crippen molar-refractivity contribution >= 4 is 17.1 Å². The number of aliphatic hydroxyl groups excluding tert-OH is 2. The van der Waals surface area contributed by atoms with Crippen LogP contribution in [-0.2, 0) is 0 Å². The minimum absolute atomic E-state index is 0.575. The Labute approximate surface area is 199 Å². The van der Waals surface area contributed by atoms with Crippen LogP contribution in [0.3, 0.4) is 0 Å². The minimum Gasteiger partial charge on any atom is -0.465 e. The molecule has 0 aliphatic heterocycles. The molecule has 6 heteroatoms. The molecule has 0 saturated heterocycles. The fraction of sp³-hybridized carbons (Fsp3) is 0.143. The number of rotatable bonds is 9. The second-order valence-electron chi connectivity index (χ2n) is 7.67. The Balaban J connectivity index is 1.64. The Morgan fingerprint density at radius 2 is 0.853 bits per heavy atom. The van der Waals surface area contributed by atoms with Crippen molar-refractivity contribution in [2.24, 2.45) is 0 Å². The Kier molecular flexibility index (Phi) is 7.32. The van der Waals surface area contributed by atoms with Crippen LogP contribution in [0.1, 0.15) is 13.8 Å². The van der Waals surface area contributed by atoms with Gasteiger partial charge in [-0.1, -0.05) is 18.2 Å². The number of hydrogen-bond acceptors (Lipinski definition) is 6. The summed E-state index contributed by atoms with van der Waals surface area (Å²) in [5, 5.41) is 19.0. The van der Waals surface area contributed by atoms with Crippen molar-refractivity contribution in [2.75, 3.05) is 4.90 Å². The van der Waals surface area contributed by atoms with Crippen LogP contribution in [0, 0.1) is 0 Å². The zero-order chi connectivity index (χ0) is 23.9. The van der Waals surface area contributed by atoms with Gasteiger partial charge in [0.2, 0.25) is 0 Å². The first-order valence-electron chi connectivity index (χ1n) is 11.0. The van der Waals surface area contributed by atoms with E-state index in [0.29, 0.717) is 11.5 Å². The van der Waals surface area contributed by atoms with Crippen LogP contribution >= 0.6 is 0 Å². The van der Waals surface area contributed by atoms with Crippen LogP contribution in [0.25, 0.3) is 0 Å². The first-order valence-corrected chi connectivity index (χ1v) is 11.0. The van der Waals surface area contributed by atoms with Gasteiger partial charge in [0.25, 0.3) is 0 Å². The maximum atomic E-state index is 9.49. The van der Waals surface area contributed by atoms with Crippen molar-refractivity contribution in [3.05, 3.63) is 103 Å². The van der Waals surface area contributed by atoms with E-state index in [1.165, 1.54) is 0 Å². The molecule has 6 nitrogen and oxygen atoms in total. The number of aliphatic hydroxyl groups is 2. The van der Waals surface area contributed by atoms with Gasteiger partial charge < -0.3 is 29.3 Å². The average molecular weight is 458 g/mol. The Morgan fingerprint density at radius 3 is 1.24 bits per heavy atom. The van der Waals surface area contributed by atoms with Crippen molar-refractivity contribution in [3.8, 4) is 23.0 Å². The number of nitrogens with zero attached hydrogens (tertiary/aromatic N) is 1. The first kappa shape index (κ1) is 23.2. The largest absolute Gasteiger partial charge is 0.465 e. The van der Waals surface area contributed by atoms with Gasteiger partial charge in [-0.2, -0.15) is 0 Å². The summed E-state index contributed by atoms with van der Waals surface area (Å²) in [5.41, 5.74) is 2.73. The third-order valence-electron chi connectivity index (χ3n) is 4.88. The molecule has 0 amide bonds. The first-order chi connectivity index (χ1) is 16.5. The van der Waals surface area contributed by atoms with Crippen molar-refractivity contribution in [3.63, 3.8) is 0 Å². The highest BCUT2D eigenvalue weighted by Crippen LogP contribution is 2.37. The summed E-state index contributed by atoms with van der Waals surface area (Å²) in [5.74, 6) is 2.66. The molecule has 0 aromatic heterocycles. The predicted molar refractivity (Wildman–Crippen MR) is 132 cm³/mol. The quantitative estimate of drug-likeness (QED) is 0.284. The minimum atomic E-state index is -0.888. The van der Waals surface area contributed by atoms with E-state index in [0.717, 1.165) is 28.6 Å². The number of para-hydroxylation sites is 1. The fourth-order valence-corrected chi connectivity index (χ4v) is 3.48. The predicted octanol–water partition coefficient (Wildman–Crippen LogP) is 6.38. The van der Waals surface area contributed by atoms with Gasteiger partial charge in [0.05, 0.1) is 0 Å². The molecule has 174 valence electrons. The lowest BCUT2D eigenvalue weighted by atomic mass is 10.2. The summed E-state index contributed by atoms with van der Waals surface area (Å²) < 4.78 is 16.7. The summed E-state index contributed by atoms with van der Waals surface area (Å²) >= 11 is 0. The van der Waals surface area contributed by atoms with Crippen LogP contribution in [0.2, 0.25) is 0 Å². The summed E-state index contributed by atoms with van der Waals surface area (Å²) in [6.07, 6.45) is -1.78. The number of hydrogen-bond donors (Lipinski definition) is 2. The molecule has 34 heavy (non-hydrogen) atoms. The van der Waals surface area contributed by atoms with Crippen molar-refractivity contribution < 1.29 is 24.4 Å². The van der Waals surface area contributed by atoms with Gasteiger partial charge in [0.15, 0.2) is 12.6 Å². The van der Waals surface area contributed by atoms with E-state index >= 15 is 0 Å². The summed E-state index contributed by atoms with van der Waals surface area (Å²) in [6, 6.07) is 32.4. The molecule has 0 spiro atoms. The number of ether oxygens (including phenoxy) is 3. The van der Waals surface area contributed by atoms with Crippen molar-refractivity contribution in [1.82, 2.24) is 0 Å². The van der Waals surface area contributed by atoms with E-state index in [-0.39, 0.29) is 0 Å². The molecule has 0 fully saturated rings. The van der Waals surface area contributed by atoms with E-state index in [2.05, 4.69) is 4.90 Å². The van der Waals surface area contributed by atoms with E-state index < -0.39 is 12.6 Å². The van der Waals surface area contributed by atoms with Crippen LogP contribution in [-0.4, -0.2) is 22.8 Å². The van der Waals surface area contributed by atoms with E-state index in [1.54, 1.807) is 13.8 Å². The lowest BCUT2D eigenvalue weighted by molar-refractivity contribution is -0.000859. The van der Waals surface area contributed by atoms with E-state index in [4.69, 9.17) is 14.2 Å². The highest BCUT2D eigenvalue weighted by atomic mass is 16.6. The van der Waals surface area contributed by atoms with Crippen LogP contribution in [0.4, 0.5) is 17.1 Å². The summed E-state index contributed by atoms with van der Waals surface area (Å²) in [6.45, 7) is 3.13. The monoisotopic (exact) mass is 457 g/mol. The standard InChI is InChI=1S/C28H27NO5/c1-20(30)32-26-14-8-22(9-15-26)29(23-10-16-27(17-11-23)33-21(2)31)24-12-18-28(19-13-24)34-25-6-4-3-5-7-25/h3-21,30-31H,1-2H3. The number of anilines is 3. The molecular formula is C28H27NO5. The van der Waals surface area contributed by atoms with Crippen molar-refractivity contribution in [1.29, 1.82) is 0 Å². The Bertz CT molecular complexity index is 1100.